The lowest BCUT2D eigenvalue weighted by atomic mass is 10.1. The van der Waals surface area contributed by atoms with Gasteiger partial charge in [0.2, 0.25) is 0 Å². The zero-order valence-electron chi connectivity index (χ0n) is 10.4. The van der Waals surface area contributed by atoms with Crippen LogP contribution in [0.25, 0.3) is 0 Å². The summed E-state index contributed by atoms with van der Waals surface area (Å²) in [5.74, 6) is -0.460. The SMILES string of the molecule is C=CCCCNc1ccc2c(c1)C(=O)N(C)C2=O. The van der Waals surface area contributed by atoms with E-state index in [4.69, 9.17) is 0 Å². The molecule has 1 aliphatic heterocycles. The minimum Gasteiger partial charge on any atom is -0.385 e. The predicted octanol–water partition coefficient (Wildman–Crippen LogP) is 2.29. The molecule has 4 heteroatoms. The van der Waals surface area contributed by atoms with Crippen molar-refractivity contribution in [1.82, 2.24) is 4.90 Å². The molecule has 0 unspecified atom stereocenters. The highest BCUT2D eigenvalue weighted by Crippen LogP contribution is 2.24. The monoisotopic (exact) mass is 244 g/mol. The first-order valence-electron chi connectivity index (χ1n) is 5.96. The van der Waals surface area contributed by atoms with Crippen molar-refractivity contribution in [2.75, 3.05) is 18.9 Å². The van der Waals surface area contributed by atoms with Crippen molar-refractivity contribution in [3.05, 3.63) is 42.0 Å². The maximum atomic E-state index is 11.8. The molecule has 0 atom stereocenters. The fraction of sp³-hybridized carbons (Fsp3) is 0.286. The number of carbonyl (C=O) groups excluding carboxylic acids is 2. The average molecular weight is 244 g/mol. The van der Waals surface area contributed by atoms with Crippen LogP contribution in [0.15, 0.2) is 30.9 Å². The lowest BCUT2D eigenvalue weighted by Crippen LogP contribution is -2.24. The van der Waals surface area contributed by atoms with Gasteiger partial charge in [-0.25, -0.2) is 0 Å². The Balaban J connectivity index is 2.11. The number of allylic oxidation sites excluding steroid dienone is 1. The van der Waals surface area contributed by atoms with Gasteiger partial charge >= 0.3 is 0 Å². The fourth-order valence-electron chi connectivity index (χ4n) is 1.95. The number of fused-ring (bicyclic) bond motifs is 1. The zero-order valence-corrected chi connectivity index (χ0v) is 10.4. The van der Waals surface area contributed by atoms with Gasteiger partial charge in [0.1, 0.15) is 0 Å². The Labute approximate surface area is 106 Å². The van der Waals surface area contributed by atoms with E-state index in [1.165, 1.54) is 7.05 Å². The van der Waals surface area contributed by atoms with Crippen LogP contribution in [0, 0.1) is 0 Å². The number of hydrogen-bond donors (Lipinski definition) is 1. The van der Waals surface area contributed by atoms with Gasteiger partial charge in [-0.15, -0.1) is 6.58 Å². The Kier molecular flexibility index (Phi) is 3.46. The van der Waals surface area contributed by atoms with Crippen molar-refractivity contribution in [3.63, 3.8) is 0 Å². The number of amides is 2. The molecule has 0 aliphatic carbocycles. The molecule has 1 N–H and O–H groups in total. The normalized spacial score (nSPS) is 13.7. The number of imide groups is 1. The molecule has 2 amide bonds. The number of benzene rings is 1. The second-order valence-corrected chi connectivity index (χ2v) is 4.29. The van der Waals surface area contributed by atoms with E-state index < -0.39 is 0 Å². The van der Waals surface area contributed by atoms with Crippen molar-refractivity contribution >= 4 is 17.5 Å². The largest absolute Gasteiger partial charge is 0.385 e. The molecule has 94 valence electrons. The topological polar surface area (TPSA) is 49.4 Å². The third-order valence-electron chi connectivity index (χ3n) is 3.00. The molecule has 0 fully saturated rings. The Morgan fingerprint density at radius 1 is 1.28 bits per heavy atom. The summed E-state index contributed by atoms with van der Waals surface area (Å²) in [6.45, 7) is 4.49. The van der Waals surface area contributed by atoms with Crippen LogP contribution in [0.1, 0.15) is 33.6 Å². The minimum absolute atomic E-state index is 0.229. The number of unbranched alkanes of at least 4 members (excludes halogenated alkanes) is 1. The van der Waals surface area contributed by atoms with Gasteiger partial charge in [-0.1, -0.05) is 6.08 Å². The first-order chi connectivity index (χ1) is 8.65. The van der Waals surface area contributed by atoms with Crippen molar-refractivity contribution in [1.29, 1.82) is 0 Å². The summed E-state index contributed by atoms with van der Waals surface area (Å²) in [6.07, 6.45) is 3.83. The fourth-order valence-corrected chi connectivity index (χ4v) is 1.95. The average Bonchev–Trinajstić information content (AvgIpc) is 2.60. The first-order valence-corrected chi connectivity index (χ1v) is 5.96. The molecule has 1 aromatic rings. The van der Waals surface area contributed by atoms with Crippen LogP contribution < -0.4 is 5.32 Å². The molecular formula is C14H16N2O2. The Morgan fingerprint density at radius 2 is 2.00 bits per heavy atom. The molecule has 0 saturated carbocycles. The van der Waals surface area contributed by atoms with Gasteiger partial charge < -0.3 is 5.32 Å². The zero-order chi connectivity index (χ0) is 13.1. The molecule has 0 radical (unpaired) electrons. The van der Waals surface area contributed by atoms with Crippen molar-refractivity contribution < 1.29 is 9.59 Å². The number of nitrogens with zero attached hydrogens (tertiary/aromatic N) is 1. The highest BCUT2D eigenvalue weighted by molar-refractivity contribution is 6.21. The van der Waals surface area contributed by atoms with Crippen LogP contribution in [0.4, 0.5) is 5.69 Å². The van der Waals surface area contributed by atoms with Gasteiger partial charge in [0.15, 0.2) is 0 Å². The molecule has 1 aliphatic rings. The quantitative estimate of drug-likeness (QED) is 0.491. The van der Waals surface area contributed by atoms with Gasteiger partial charge in [0.05, 0.1) is 11.1 Å². The molecule has 0 saturated heterocycles. The Hall–Kier alpha value is -2.10. The number of carbonyl (C=O) groups is 2. The summed E-state index contributed by atoms with van der Waals surface area (Å²) in [6, 6.07) is 5.28. The molecule has 1 heterocycles. The summed E-state index contributed by atoms with van der Waals surface area (Å²) < 4.78 is 0. The van der Waals surface area contributed by atoms with Crippen LogP contribution in [0.5, 0.6) is 0 Å². The van der Waals surface area contributed by atoms with Crippen LogP contribution in [-0.4, -0.2) is 30.3 Å². The van der Waals surface area contributed by atoms with E-state index in [9.17, 15) is 9.59 Å². The molecule has 0 aromatic heterocycles. The van der Waals surface area contributed by atoms with Gasteiger partial charge in [0.25, 0.3) is 11.8 Å². The molecule has 2 rings (SSSR count). The highest BCUT2D eigenvalue weighted by atomic mass is 16.2. The molecule has 4 nitrogen and oxygen atoms in total. The van der Waals surface area contributed by atoms with E-state index in [1.807, 2.05) is 12.1 Å². The maximum Gasteiger partial charge on any atom is 0.261 e. The smallest absolute Gasteiger partial charge is 0.261 e. The van der Waals surface area contributed by atoms with E-state index in [0.29, 0.717) is 11.1 Å². The standard InChI is InChI=1S/C14H16N2O2/c1-3-4-5-8-15-10-6-7-11-12(9-10)14(18)16(2)13(11)17/h3,6-7,9,15H,1,4-5,8H2,2H3. The lowest BCUT2D eigenvalue weighted by Gasteiger charge is -2.06. The summed E-state index contributed by atoms with van der Waals surface area (Å²) in [5, 5.41) is 3.23. The number of rotatable bonds is 5. The van der Waals surface area contributed by atoms with Gasteiger partial charge in [-0.3, -0.25) is 14.5 Å². The minimum atomic E-state index is -0.232. The van der Waals surface area contributed by atoms with E-state index in [0.717, 1.165) is 30.0 Å². The van der Waals surface area contributed by atoms with Crippen molar-refractivity contribution in [2.45, 2.75) is 12.8 Å². The third kappa shape index (κ3) is 2.14. The second-order valence-electron chi connectivity index (χ2n) is 4.29. The molecule has 0 spiro atoms. The van der Waals surface area contributed by atoms with Crippen molar-refractivity contribution in [3.8, 4) is 0 Å². The number of anilines is 1. The molecule has 1 aromatic carbocycles. The Bertz CT molecular complexity index is 509. The number of hydrogen-bond acceptors (Lipinski definition) is 3. The maximum absolute atomic E-state index is 11.8. The molecule has 0 bridgehead atoms. The van der Waals surface area contributed by atoms with Crippen LogP contribution >= 0.6 is 0 Å². The van der Waals surface area contributed by atoms with E-state index in [1.54, 1.807) is 12.1 Å². The van der Waals surface area contributed by atoms with Crippen LogP contribution in [-0.2, 0) is 0 Å². The Morgan fingerprint density at radius 3 is 2.72 bits per heavy atom. The van der Waals surface area contributed by atoms with Gasteiger partial charge in [0, 0.05) is 19.3 Å². The molecular weight excluding hydrogens is 228 g/mol. The van der Waals surface area contributed by atoms with Gasteiger partial charge in [-0.2, -0.15) is 0 Å². The second kappa shape index (κ2) is 5.04. The summed E-state index contributed by atoms with van der Waals surface area (Å²) >= 11 is 0. The van der Waals surface area contributed by atoms with Crippen LogP contribution in [0.2, 0.25) is 0 Å². The van der Waals surface area contributed by atoms with Gasteiger partial charge in [-0.05, 0) is 31.0 Å². The summed E-state index contributed by atoms with van der Waals surface area (Å²) in [7, 11) is 1.50. The number of nitrogens with one attached hydrogen (secondary N) is 1. The van der Waals surface area contributed by atoms with Crippen LogP contribution in [0.3, 0.4) is 0 Å². The third-order valence-corrected chi connectivity index (χ3v) is 3.00. The van der Waals surface area contributed by atoms with E-state index in [-0.39, 0.29) is 11.8 Å². The van der Waals surface area contributed by atoms with E-state index in [2.05, 4.69) is 11.9 Å². The lowest BCUT2D eigenvalue weighted by molar-refractivity contribution is 0.0693. The summed E-state index contributed by atoms with van der Waals surface area (Å²) in [5.41, 5.74) is 1.84. The van der Waals surface area contributed by atoms with Crippen molar-refractivity contribution in [2.24, 2.45) is 0 Å². The van der Waals surface area contributed by atoms with E-state index >= 15 is 0 Å². The molecule has 18 heavy (non-hydrogen) atoms. The summed E-state index contributed by atoms with van der Waals surface area (Å²) in [4.78, 5) is 24.6. The highest BCUT2D eigenvalue weighted by Gasteiger charge is 2.32. The predicted molar refractivity (Wildman–Crippen MR) is 70.8 cm³/mol. The first kappa shape index (κ1) is 12.4.